The lowest BCUT2D eigenvalue weighted by atomic mass is 10.3. The number of anilines is 2. The number of rotatable bonds is 6. The lowest BCUT2D eigenvalue weighted by Gasteiger charge is -2.21. The van der Waals surface area contributed by atoms with Crippen molar-refractivity contribution in [3.63, 3.8) is 0 Å². The van der Waals surface area contributed by atoms with Gasteiger partial charge in [-0.15, -0.1) is 0 Å². The minimum absolute atomic E-state index is 0.0247. The summed E-state index contributed by atoms with van der Waals surface area (Å²) < 4.78 is 0. The summed E-state index contributed by atoms with van der Waals surface area (Å²) in [6, 6.07) is 1.31. The summed E-state index contributed by atoms with van der Waals surface area (Å²) in [6.07, 6.45) is 1.73. The van der Waals surface area contributed by atoms with Gasteiger partial charge in [0.05, 0.1) is 0 Å². The molecule has 1 heterocycles. The van der Waals surface area contributed by atoms with Crippen molar-refractivity contribution in [3.05, 3.63) is 11.9 Å². The van der Waals surface area contributed by atoms with E-state index >= 15 is 0 Å². The summed E-state index contributed by atoms with van der Waals surface area (Å²) in [6.45, 7) is 6.48. The number of hydrogen-bond acceptors (Lipinski definition) is 5. The van der Waals surface area contributed by atoms with Crippen LogP contribution in [0, 0.1) is 0 Å². The first-order valence-corrected chi connectivity index (χ1v) is 6.62. The lowest BCUT2D eigenvalue weighted by molar-refractivity contribution is -0.130. The average Bonchev–Trinajstić information content (AvgIpc) is 2.36. The van der Waals surface area contributed by atoms with E-state index in [2.05, 4.69) is 22.2 Å². The van der Waals surface area contributed by atoms with E-state index in [1.165, 1.54) is 0 Å². The Hall–Kier alpha value is -1.85. The van der Waals surface area contributed by atoms with Crippen LogP contribution in [0.5, 0.6) is 0 Å². The van der Waals surface area contributed by atoms with E-state index < -0.39 is 0 Å². The highest BCUT2D eigenvalue weighted by Gasteiger charge is 2.16. The Labute approximate surface area is 114 Å². The minimum Gasteiger partial charge on any atom is -0.384 e. The van der Waals surface area contributed by atoms with Crippen LogP contribution in [0.15, 0.2) is 6.07 Å². The molecule has 0 radical (unpaired) electrons. The normalized spacial score (nSPS) is 12.0. The molecule has 0 bridgehead atoms. The number of aryl methyl sites for hydroxylation is 1. The second kappa shape index (κ2) is 6.92. The molecule has 1 aromatic rings. The van der Waals surface area contributed by atoms with Gasteiger partial charge in [-0.05, 0) is 20.3 Å². The zero-order chi connectivity index (χ0) is 14.4. The van der Waals surface area contributed by atoms with E-state index in [1.807, 2.05) is 13.8 Å². The molecule has 0 saturated heterocycles. The summed E-state index contributed by atoms with van der Waals surface area (Å²) in [5.74, 6) is 1.75. The molecule has 0 aliphatic carbocycles. The van der Waals surface area contributed by atoms with Gasteiger partial charge in [0.1, 0.15) is 23.5 Å². The third-order valence-electron chi connectivity index (χ3n) is 2.85. The van der Waals surface area contributed by atoms with Crippen molar-refractivity contribution < 1.29 is 4.79 Å². The van der Waals surface area contributed by atoms with Crippen molar-refractivity contribution in [1.82, 2.24) is 14.9 Å². The molecule has 0 aromatic carbocycles. The van der Waals surface area contributed by atoms with Crippen molar-refractivity contribution in [2.75, 3.05) is 24.6 Å². The first kappa shape index (κ1) is 15.2. The van der Waals surface area contributed by atoms with Gasteiger partial charge in [-0.3, -0.25) is 4.79 Å². The number of carbonyl (C=O) groups excluding carboxylic acids is 1. The third-order valence-corrected chi connectivity index (χ3v) is 2.85. The molecule has 3 N–H and O–H groups in total. The fourth-order valence-electron chi connectivity index (χ4n) is 1.70. The predicted molar refractivity (Wildman–Crippen MR) is 76.8 cm³/mol. The van der Waals surface area contributed by atoms with Crippen molar-refractivity contribution >= 4 is 17.5 Å². The number of likely N-dealkylation sites (N-methyl/N-ethyl adjacent to an activating group) is 1. The van der Waals surface area contributed by atoms with Crippen molar-refractivity contribution in [2.45, 2.75) is 39.7 Å². The molecule has 0 saturated carbocycles. The number of hydrogen-bond donors (Lipinski definition) is 2. The zero-order valence-corrected chi connectivity index (χ0v) is 12.1. The molecule has 19 heavy (non-hydrogen) atoms. The van der Waals surface area contributed by atoms with Gasteiger partial charge in [-0.1, -0.05) is 6.92 Å². The molecule has 0 aliphatic rings. The van der Waals surface area contributed by atoms with Crippen LogP contribution in [-0.2, 0) is 11.2 Å². The Balaban J connectivity index is 2.78. The van der Waals surface area contributed by atoms with Crippen LogP contribution in [0.3, 0.4) is 0 Å². The number of nitrogens with zero attached hydrogens (tertiary/aromatic N) is 3. The van der Waals surface area contributed by atoms with E-state index in [0.717, 1.165) is 12.8 Å². The van der Waals surface area contributed by atoms with Crippen LogP contribution < -0.4 is 11.1 Å². The summed E-state index contributed by atoms with van der Waals surface area (Å²) in [5, 5.41) is 3.07. The monoisotopic (exact) mass is 265 g/mol. The Kier molecular flexibility index (Phi) is 5.54. The number of amides is 1. The molecule has 0 spiro atoms. The van der Waals surface area contributed by atoms with Crippen molar-refractivity contribution in [3.8, 4) is 0 Å². The van der Waals surface area contributed by atoms with Gasteiger partial charge < -0.3 is 16.0 Å². The highest BCUT2D eigenvalue weighted by molar-refractivity contribution is 5.83. The number of nitrogen functional groups attached to an aromatic ring is 1. The fourth-order valence-corrected chi connectivity index (χ4v) is 1.70. The zero-order valence-electron chi connectivity index (χ0n) is 12.1. The Morgan fingerprint density at radius 3 is 2.74 bits per heavy atom. The standard InChI is InChI=1S/C13H23N5O/c1-5-7-11-16-10(14)8-12(17-11)15-9(3)13(19)18(4)6-2/h8-9H,5-7H2,1-4H3,(H3,14,15,16,17). The maximum atomic E-state index is 12.0. The molecule has 1 aromatic heterocycles. The molecule has 6 heteroatoms. The van der Waals surface area contributed by atoms with Gasteiger partial charge >= 0.3 is 0 Å². The maximum absolute atomic E-state index is 12.0. The molecule has 1 atom stereocenters. The second-order valence-corrected chi connectivity index (χ2v) is 4.56. The van der Waals surface area contributed by atoms with Crippen LogP contribution in [0.25, 0.3) is 0 Å². The predicted octanol–water partition coefficient (Wildman–Crippen LogP) is 1.29. The molecule has 6 nitrogen and oxygen atoms in total. The van der Waals surface area contributed by atoms with E-state index in [-0.39, 0.29) is 11.9 Å². The van der Waals surface area contributed by atoms with E-state index in [9.17, 15) is 4.79 Å². The number of carbonyl (C=O) groups is 1. The molecule has 1 rings (SSSR count). The van der Waals surface area contributed by atoms with Crippen LogP contribution >= 0.6 is 0 Å². The molecular weight excluding hydrogens is 242 g/mol. The summed E-state index contributed by atoms with van der Waals surface area (Å²) in [5.41, 5.74) is 5.74. The first-order valence-electron chi connectivity index (χ1n) is 6.62. The number of nitrogens with one attached hydrogen (secondary N) is 1. The molecule has 1 amide bonds. The largest absolute Gasteiger partial charge is 0.384 e. The highest BCUT2D eigenvalue weighted by Crippen LogP contribution is 2.11. The van der Waals surface area contributed by atoms with Gasteiger partial charge in [-0.2, -0.15) is 0 Å². The Morgan fingerprint density at radius 1 is 1.47 bits per heavy atom. The van der Waals surface area contributed by atoms with Crippen LogP contribution in [0.1, 0.15) is 33.0 Å². The second-order valence-electron chi connectivity index (χ2n) is 4.56. The van der Waals surface area contributed by atoms with E-state index in [0.29, 0.717) is 24.0 Å². The fraction of sp³-hybridized carbons (Fsp3) is 0.615. The van der Waals surface area contributed by atoms with Crippen LogP contribution in [0.2, 0.25) is 0 Å². The third kappa shape index (κ3) is 4.39. The van der Waals surface area contributed by atoms with Gasteiger partial charge in [0, 0.05) is 26.1 Å². The van der Waals surface area contributed by atoms with Crippen LogP contribution in [0.4, 0.5) is 11.6 Å². The highest BCUT2D eigenvalue weighted by atomic mass is 16.2. The van der Waals surface area contributed by atoms with Crippen molar-refractivity contribution in [2.24, 2.45) is 0 Å². The SMILES string of the molecule is CCCc1nc(N)cc(NC(C)C(=O)N(C)CC)n1. The Morgan fingerprint density at radius 2 is 2.16 bits per heavy atom. The summed E-state index contributed by atoms with van der Waals surface area (Å²) >= 11 is 0. The van der Waals surface area contributed by atoms with Crippen molar-refractivity contribution in [1.29, 1.82) is 0 Å². The molecule has 1 unspecified atom stereocenters. The topological polar surface area (TPSA) is 84.1 Å². The van der Waals surface area contributed by atoms with E-state index in [4.69, 9.17) is 5.73 Å². The molecule has 0 fully saturated rings. The number of nitrogens with two attached hydrogens (primary N) is 1. The molecule has 0 aliphatic heterocycles. The smallest absolute Gasteiger partial charge is 0.244 e. The molecular formula is C13H23N5O. The van der Waals surface area contributed by atoms with Gasteiger partial charge in [0.25, 0.3) is 0 Å². The van der Waals surface area contributed by atoms with E-state index in [1.54, 1.807) is 18.0 Å². The average molecular weight is 265 g/mol. The Bertz CT molecular complexity index is 435. The van der Waals surface area contributed by atoms with Gasteiger partial charge in [-0.25, -0.2) is 9.97 Å². The maximum Gasteiger partial charge on any atom is 0.244 e. The summed E-state index contributed by atoms with van der Waals surface area (Å²) in [4.78, 5) is 22.1. The van der Waals surface area contributed by atoms with Crippen LogP contribution in [-0.4, -0.2) is 40.4 Å². The lowest BCUT2D eigenvalue weighted by Crippen LogP contribution is -2.39. The van der Waals surface area contributed by atoms with Gasteiger partial charge in [0.2, 0.25) is 5.91 Å². The number of aromatic nitrogens is 2. The minimum atomic E-state index is -0.339. The first-order chi connectivity index (χ1) is 8.97. The molecule has 106 valence electrons. The summed E-state index contributed by atoms with van der Waals surface area (Å²) in [7, 11) is 1.78. The van der Waals surface area contributed by atoms with Gasteiger partial charge in [0.15, 0.2) is 0 Å². The quantitative estimate of drug-likeness (QED) is 0.809.